The molecule has 0 bridgehead atoms. The molecule has 5 heterocycles. The van der Waals surface area contributed by atoms with E-state index in [4.69, 9.17) is 32.9 Å². The Morgan fingerprint density at radius 3 is 2.44 bits per heavy atom. The number of imide groups is 1. The van der Waals surface area contributed by atoms with Crippen molar-refractivity contribution in [2.45, 2.75) is 58.1 Å². The number of H-pyrrole nitrogens is 1. The topological polar surface area (TPSA) is 205 Å². The number of aliphatic hydroxyl groups is 1. The van der Waals surface area contributed by atoms with Crippen LogP contribution in [0.15, 0.2) is 67.1 Å². The number of anilines is 1. The van der Waals surface area contributed by atoms with E-state index in [1.807, 2.05) is 54.4 Å². The maximum absolute atomic E-state index is 13.7. The van der Waals surface area contributed by atoms with Gasteiger partial charge in [0.25, 0.3) is 5.91 Å². The van der Waals surface area contributed by atoms with Crippen LogP contribution in [0.25, 0.3) is 27.5 Å². The summed E-state index contributed by atoms with van der Waals surface area (Å²) in [6, 6.07) is 13.9. The Bertz CT molecular complexity index is 2510. The zero-order valence-electron chi connectivity index (χ0n) is 36.9. The van der Waals surface area contributed by atoms with E-state index in [1.165, 1.54) is 7.05 Å². The average Bonchev–Trinajstić information content (AvgIpc) is 3.69. The molecule has 19 heteroatoms. The molecule has 3 aromatic heterocycles. The number of amides is 4. The minimum absolute atomic E-state index is 0. The summed E-state index contributed by atoms with van der Waals surface area (Å²) < 4.78 is 6.23. The maximum atomic E-state index is 13.7. The van der Waals surface area contributed by atoms with Crippen molar-refractivity contribution in [2.24, 2.45) is 11.3 Å². The van der Waals surface area contributed by atoms with E-state index in [-0.39, 0.29) is 57.8 Å². The van der Waals surface area contributed by atoms with Gasteiger partial charge in [-0.15, -0.1) is 13.1 Å². The van der Waals surface area contributed by atoms with Crippen LogP contribution in [0.3, 0.4) is 0 Å². The summed E-state index contributed by atoms with van der Waals surface area (Å²) in [5, 5.41) is 26.4. The second-order valence-corrected chi connectivity index (χ2v) is 17.5. The number of aromatic nitrogens is 4. The van der Waals surface area contributed by atoms with Gasteiger partial charge in [-0.1, -0.05) is 47.8 Å². The molecule has 0 saturated carbocycles. The third-order valence-electron chi connectivity index (χ3n) is 12.3. The molecular weight excluding hydrogens is 1060 g/mol. The van der Waals surface area contributed by atoms with Crippen LogP contribution in [-0.4, -0.2) is 124 Å². The van der Waals surface area contributed by atoms with Crippen molar-refractivity contribution in [3.05, 3.63) is 105 Å². The van der Waals surface area contributed by atoms with Crippen molar-refractivity contribution in [3.8, 4) is 17.0 Å². The van der Waals surface area contributed by atoms with Crippen LogP contribution in [0.1, 0.15) is 65.8 Å². The van der Waals surface area contributed by atoms with Gasteiger partial charge in [-0.25, -0.2) is 4.98 Å². The van der Waals surface area contributed by atoms with Gasteiger partial charge in [-0.05, 0) is 74.6 Å². The number of halogens is 2. The fourth-order valence-corrected chi connectivity index (χ4v) is 9.58. The standard InChI is InChI=1S/C47H52Cl2N9O7.W/c1-29-6-4-7-31(41(29)46(64)58(28-61)39(8-5-18-59)44(62)50-3)13-16-51-17-14-32(15-19-60)45(63)57-26-47(27-57)24-56(25-47)40-12-9-33(21-53-40)43-35-20-34(10-11-38(35)54-55-43)65-30(2)42-36(48)22-52-23-37(42)49;/h4,6-7,9-12,18,20-23,28,30,32,39,60H,5,8,13-17,19,24-27H2,1-3H3,(H,50,62)(H,54,55);/q-1;/t30-,32?,39?;/m1./s1. The van der Waals surface area contributed by atoms with Crippen LogP contribution in [0.2, 0.25) is 10.0 Å². The summed E-state index contributed by atoms with van der Waals surface area (Å²) in [4.78, 5) is 76.8. The molecule has 1 spiro atoms. The molecule has 348 valence electrons. The summed E-state index contributed by atoms with van der Waals surface area (Å²) in [5.74, 6) is -0.0448. The Morgan fingerprint density at radius 1 is 1.02 bits per heavy atom. The number of nitrogens with one attached hydrogen (secondary N) is 2. The summed E-state index contributed by atoms with van der Waals surface area (Å²) >= 11 is 12.7. The number of aryl methyl sites for hydroxylation is 1. The van der Waals surface area contributed by atoms with Crippen molar-refractivity contribution < 1.29 is 54.9 Å². The molecule has 2 aliphatic heterocycles. The Kier molecular flexibility index (Phi) is 17.1. The number of ether oxygens (including phenoxy) is 1. The predicted molar refractivity (Wildman–Crippen MR) is 247 cm³/mol. The van der Waals surface area contributed by atoms with Crippen molar-refractivity contribution in [1.82, 2.24) is 35.3 Å². The molecule has 3 atom stereocenters. The summed E-state index contributed by atoms with van der Waals surface area (Å²) in [5.41, 5.74) is 4.72. The number of carbonyl (C=O) groups is 5. The summed E-state index contributed by atoms with van der Waals surface area (Å²) in [6.07, 6.45) is 6.68. The largest absolute Gasteiger partial charge is 0.662 e. The minimum atomic E-state index is -1.13. The maximum Gasteiger partial charge on any atom is 0.261 e. The monoisotopic (exact) mass is 1110 g/mol. The van der Waals surface area contributed by atoms with Crippen molar-refractivity contribution in [1.29, 1.82) is 0 Å². The number of carbonyl (C=O) groups excluding carboxylic acids is 5. The number of likely N-dealkylation sites (tertiary alicyclic amines) is 1. The summed E-state index contributed by atoms with van der Waals surface area (Å²) in [7, 11) is 1.41. The van der Waals surface area contributed by atoms with Crippen LogP contribution < -0.4 is 15.0 Å². The Morgan fingerprint density at radius 2 is 1.77 bits per heavy atom. The molecule has 2 aromatic carbocycles. The first-order valence-corrected chi connectivity index (χ1v) is 22.4. The number of fused-ring (bicyclic) bond motifs is 1. The number of rotatable bonds is 21. The molecule has 2 saturated heterocycles. The SMILES string of the molecule is CNC(=O)C(CCC=O)N(C=O)C(=O)c1c(C)cccc1CC[N-]CCC(CCO)C(=O)N1CC2(C1)CN(c1ccc(-c3n[nH]c4ccc(O[C@H](C)c5c(Cl)cncc5Cl)cc34)cn1)C2.[W]. The Hall–Kier alpha value is -5.25. The molecule has 4 amide bonds. The van der Waals surface area contributed by atoms with E-state index in [9.17, 15) is 29.1 Å². The van der Waals surface area contributed by atoms with Crippen molar-refractivity contribution >= 4 is 70.3 Å². The summed E-state index contributed by atoms with van der Waals surface area (Å²) in [6.45, 7) is 7.11. The number of hydrogen-bond donors (Lipinski definition) is 3. The van der Waals surface area contributed by atoms with Gasteiger partial charge in [0.1, 0.15) is 35.7 Å². The molecule has 16 nitrogen and oxygen atoms in total. The third kappa shape index (κ3) is 11.0. The number of likely N-dealkylation sites (N-methyl/N-ethyl adjacent to an activating group) is 1. The van der Waals surface area contributed by atoms with Gasteiger partial charge >= 0.3 is 0 Å². The van der Waals surface area contributed by atoms with Gasteiger partial charge in [0.05, 0.1) is 15.6 Å². The molecule has 0 aliphatic carbocycles. The van der Waals surface area contributed by atoms with Gasteiger partial charge < -0.3 is 35.1 Å². The predicted octanol–water partition coefficient (Wildman–Crippen LogP) is 6.12. The molecule has 7 rings (SSSR count). The quantitative estimate of drug-likeness (QED) is 0.0564. The van der Waals surface area contributed by atoms with Gasteiger partial charge in [-0.3, -0.25) is 34.2 Å². The van der Waals surface area contributed by atoms with Crippen LogP contribution in [-0.2, 0) is 46.7 Å². The van der Waals surface area contributed by atoms with E-state index in [0.717, 1.165) is 46.0 Å². The number of aromatic amines is 1. The molecule has 5 aromatic rings. The number of hydrogen-bond acceptors (Lipinski definition) is 11. The van der Waals surface area contributed by atoms with Crippen molar-refractivity contribution in [3.63, 3.8) is 0 Å². The smallest absolute Gasteiger partial charge is 0.261 e. The molecule has 66 heavy (non-hydrogen) atoms. The molecule has 2 fully saturated rings. The second-order valence-electron chi connectivity index (χ2n) is 16.7. The van der Waals surface area contributed by atoms with Gasteiger partial charge in [0, 0.05) is 119 Å². The second kappa shape index (κ2) is 22.5. The first kappa shape index (κ1) is 50.2. The van der Waals surface area contributed by atoms with Crippen LogP contribution in [0.5, 0.6) is 5.75 Å². The van der Waals surface area contributed by atoms with Crippen molar-refractivity contribution in [2.75, 3.05) is 57.8 Å². The first-order valence-electron chi connectivity index (χ1n) is 21.6. The van der Waals surface area contributed by atoms with E-state index in [0.29, 0.717) is 96.2 Å². The van der Waals surface area contributed by atoms with E-state index < -0.39 is 24.0 Å². The van der Waals surface area contributed by atoms with E-state index in [2.05, 4.69) is 30.7 Å². The van der Waals surface area contributed by atoms with Crippen LogP contribution >= 0.6 is 23.2 Å². The van der Waals surface area contributed by atoms with Gasteiger partial charge in [-0.2, -0.15) is 5.10 Å². The van der Waals surface area contributed by atoms with Crippen LogP contribution in [0, 0.1) is 18.3 Å². The van der Waals surface area contributed by atoms with Crippen LogP contribution in [0.4, 0.5) is 5.82 Å². The number of aldehydes is 1. The zero-order chi connectivity index (χ0) is 46.3. The molecule has 2 unspecified atom stereocenters. The van der Waals surface area contributed by atoms with E-state index in [1.54, 1.807) is 31.5 Å². The number of nitrogens with zero attached hydrogens (tertiary/aromatic N) is 7. The molecule has 3 N–H and O–H groups in total. The number of pyridine rings is 2. The number of aliphatic hydroxyl groups excluding tert-OH is 1. The average molecular weight is 1110 g/mol. The Balaban J connectivity index is 0.00000720. The third-order valence-corrected chi connectivity index (χ3v) is 12.9. The fourth-order valence-electron chi connectivity index (χ4n) is 8.90. The number of benzene rings is 2. The van der Waals surface area contributed by atoms with Gasteiger partial charge in [0.2, 0.25) is 18.2 Å². The minimum Gasteiger partial charge on any atom is -0.662 e. The molecular formula is C47H52Cl2N9O7W-. The fraction of sp³-hybridized carbons (Fsp3) is 0.404. The van der Waals surface area contributed by atoms with E-state index >= 15 is 0 Å². The molecule has 2 aliphatic rings. The normalized spacial score (nSPS) is 15.2. The molecule has 0 radical (unpaired) electrons. The zero-order valence-corrected chi connectivity index (χ0v) is 41.4. The van der Waals surface area contributed by atoms with Gasteiger partial charge in [0.15, 0.2) is 0 Å². The Labute approximate surface area is 407 Å². The first-order chi connectivity index (χ1) is 31.4.